The highest BCUT2D eigenvalue weighted by Gasteiger charge is 2.18. The molecule has 0 aliphatic rings. The van der Waals surface area contributed by atoms with Gasteiger partial charge < -0.3 is 15.5 Å². The summed E-state index contributed by atoms with van der Waals surface area (Å²) in [5, 5.41) is 23.2. The highest BCUT2D eigenvalue weighted by molar-refractivity contribution is 5.76. The lowest BCUT2D eigenvalue weighted by molar-refractivity contribution is -0.123. The van der Waals surface area contributed by atoms with Crippen molar-refractivity contribution in [3.05, 3.63) is 109 Å². The molecule has 71 heavy (non-hydrogen) atoms. The number of carbonyl (C=O) groups excluding carboxylic acids is 1. The maximum Gasteiger partial charge on any atom is 0.220 e. The molecule has 0 fully saturated rings. The summed E-state index contributed by atoms with van der Waals surface area (Å²) < 4.78 is 0. The van der Waals surface area contributed by atoms with Crippen LogP contribution in [-0.2, 0) is 4.79 Å². The van der Waals surface area contributed by atoms with Gasteiger partial charge in [-0.3, -0.25) is 4.79 Å². The van der Waals surface area contributed by atoms with Crippen molar-refractivity contribution >= 4 is 5.91 Å². The molecule has 0 heterocycles. The first kappa shape index (κ1) is 68.0. The molecule has 0 bridgehead atoms. The Balaban J connectivity index is 3.51. The van der Waals surface area contributed by atoms with E-state index >= 15 is 0 Å². The van der Waals surface area contributed by atoms with Crippen molar-refractivity contribution in [3.63, 3.8) is 0 Å². The summed E-state index contributed by atoms with van der Waals surface area (Å²) in [5.74, 6) is -0.0772. The van der Waals surface area contributed by atoms with Crippen LogP contribution >= 0.6 is 0 Å². The minimum Gasteiger partial charge on any atom is -0.394 e. The smallest absolute Gasteiger partial charge is 0.220 e. The van der Waals surface area contributed by atoms with E-state index in [2.05, 4.69) is 116 Å². The molecule has 0 aromatic carbocycles. The molecule has 0 aromatic rings. The van der Waals surface area contributed by atoms with Crippen LogP contribution in [0.15, 0.2) is 109 Å². The molecular formula is C67H117NO3. The number of unbranched alkanes of at least 4 members (excludes halogenated alkanes) is 32. The van der Waals surface area contributed by atoms with Crippen LogP contribution in [0.4, 0.5) is 0 Å². The van der Waals surface area contributed by atoms with E-state index in [-0.39, 0.29) is 12.5 Å². The Bertz CT molecular complexity index is 1350. The second-order valence-corrected chi connectivity index (χ2v) is 20.4. The summed E-state index contributed by atoms with van der Waals surface area (Å²) in [4.78, 5) is 12.5. The third-order valence-corrected chi connectivity index (χ3v) is 13.5. The molecule has 0 saturated heterocycles. The van der Waals surface area contributed by atoms with Gasteiger partial charge in [-0.2, -0.15) is 0 Å². The summed E-state index contributed by atoms with van der Waals surface area (Å²) in [6.45, 7) is 4.19. The van der Waals surface area contributed by atoms with E-state index < -0.39 is 12.1 Å². The number of amides is 1. The lowest BCUT2D eigenvalue weighted by Crippen LogP contribution is -2.45. The zero-order valence-corrected chi connectivity index (χ0v) is 47.0. The van der Waals surface area contributed by atoms with Crippen LogP contribution in [0, 0.1) is 0 Å². The molecule has 4 nitrogen and oxygen atoms in total. The topological polar surface area (TPSA) is 69.6 Å². The lowest BCUT2D eigenvalue weighted by Gasteiger charge is -2.19. The molecule has 0 saturated carbocycles. The zero-order valence-electron chi connectivity index (χ0n) is 47.0. The monoisotopic (exact) mass is 984 g/mol. The zero-order chi connectivity index (χ0) is 51.3. The van der Waals surface area contributed by atoms with E-state index in [0.29, 0.717) is 6.42 Å². The quantitative estimate of drug-likeness (QED) is 0.0420. The van der Waals surface area contributed by atoms with Gasteiger partial charge in [-0.25, -0.2) is 0 Å². The summed E-state index contributed by atoms with van der Waals surface area (Å²) in [6, 6.07) is -0.650. The molecule has 3 N–H and O–H groups in total. The number of hydrogen-bond donors (Lipinski definition) is 3. The van der Waals surface area contributed by atoms with Gasteiger partial charge in [0.25, 0.3) is 0 Å². The molecule has 2 atom stereocenters. The number of hydrogen-bond acceptors (Lipinski definition) is 3. The molecule has 2 unspecified atom stereocenters. The fourth-order valence-corrected chi connectivity index (χ4v) is 8.86. The number of rotatable bonds is 55. The average molecular weight is 985 g/mol. The normalized spacial score (nSPS) is 13.6. The molecular weight excluding hydrogens is 867 g/mol. The number of aliphatic hydroxyl groups excluding tert-OH is 2. The van der Waals surface area contributed by atoms with Gasteiger partial charge >= 0.3 is 0 Å². The molecule has 408 valence electrons. The third kappa shape index (κ3) is 57.8. The Morgan fingerprint density at radius 2 is 0.634 bits per heavy atom. The second-order valence-electron chi connectivity index (χ2n) is 20.4. The molecule has 1 amide bonds. The highest BCUT2D eigenvalue weighted by atomic mass is 16.3. The number of carbonyl (C=O) groups is 1. The summed E-state index contributed by atoms with van der Waals surface area (Å²) in [6.07, 6.45) is 92.7. The van der Waals surface area contributed by atoms with E-state index in [1.807, 2.05) is 6.08 Å². The number of nitrogens with one attached hydrogen (secondary N) is 1. The number of allylic oxidation sites excluding steroid dienone is 17. The van der Waals surface area contributed by atoms with E-state index in [4.69, 9.17) is 0 Å². The minimum absolute atomic E-state index is 0.0772. The first-order valence-electron chi connectivity index (χ1n) is 30.6. The predicted octanol–water partition coefficient (Wildman–Crippen LogP) is 20.6. The Labute approximate surface area is 442 Å². The first-order valence-corrected chi connectivity index (χ1v) is 30.6. The molecule has 0 aromatic heterocycles. The molecule has 0 spiro atoms. The third-order valence-electron chi connectivity index (χ3n) is 13.5. The maximum absolute atomic E-state index is 12.5. The van der Waals surface area contributed by atoms with Crippen molar-refractivity contribution in [1.29, 1.82) is 0 Å². The lowest BCUT2D eigenvalue weighted by atomic mass is 10.0. The van der Waals surface area contributed by atoms with Gasteiger partial charge in [0.05, 0.1) is 18.8 Å². The van der Waals surface area contributed by atoms with Crippen molar-refractivity contribution < 1.29 is 15.0 Å². The maximum atomic E-state index is 12.5. The van der Waals surface area contributed by atoms with Gasteiger partial charge in [-0.15, -0.1) is 0 Å². The summed E-state index contributed by atoms with van der Waals surface area (Å²) in [7, 11) is 0. The van der Waals surface area contributed by atoms with Crippen molar-refractivity contribution in [2.75, 3.05) is 6.61 Å². The molecule has 0 radical (unpaired) electrons. The Morgan fingerprint density at radius 1 is 0.352 bits per heavy atom. The van der Waals surface area contributed by atoms with E-state index in [1.54, 1.807) is 6.08 Å². The van der Waals surface area contributed by atoms with Crippen LogP contribution in [0.1, 0.15) is 290 Å². The predicted molar refractivity (Wildman–Crippen MR) is 317 cm³/mol. The van der Waals surface area contributed by atoms with E-state index in [1.165, 1.54) is 193 Å². The van der Waals surface area contributed by atoms with Crippen molar-refractivity contribution in [1.82, 2.24) is 5.32 Å². The van der Waals surface area contributed by atoms with Crippen LogP contribution < -0.4 is 5.32 Å². The van der Waals surface area contributed by atoms with Crippen molar-refractivity contribution in [2.24, 2.45) is 0 Å². The van der Waals surface area contributed by atoms with Crippen molar-refractivity contribution in [2.45, 2.75) is 302 Å². The van der Waals surface area contributed by atoms with Gasteiger partial charge in [-0.1, -0.05) is 297 Å². The standard InChI is InChI=1S/C67H117NO3/c1-3-5-7-9-11-13-15-17-19-21-23-25-26-27-28-29-30-31-32-33-34-35-36-37-38-39-40-41-42-43-45-47-49-51-53-55-57-59-61-63-67(71)68-65(64-69)66(70)62-60-58-56-54-52-50-48-46-44-24-22-20-18-16-14-12-10-8-6-4-2/h5,7,11,13,17,19,23,25,27-28,30-31,44,46,52,54,60,62,65-66,69-70H,3-4,6,8-10,12,14-16,18,20-22,24,26,29,32-43,45,47-51,53,55-59,61,63-64H2,1-2H3,(H,68,71)/b7-5-,13-11-,19-17-,25-23-,28-27-,31-30-,46-44+,54-52+,62-60+. The van der Waals surface area contributed by atoms with Gasteiger partial charge in [0.1, 0.15) is 0 Å². The SMILES string of the molecule is CC/C=C\C/C=C\C/C=C\C/C=C\C/C=C\C/C=C\CCCCCCCCCCCCCCCCCCCCCCC(=O)NC(CO)C(O)/C=C/CC/C=C/CC/C=C/CCCCCCCCCCCC. The average Bonchev–Trinajstić information content (AvgIpc) is 3.37. The molecule has 0 aliphatic heterocycles. The van der Waals surface area contributed by atoms with Crippen molar-refractivity contribution in [3.8, 4) is 0 Å². The fraction of sp³-hybridized carbons (Fsp3) is 0.716. The summed E-state index contributed by atoms with van der Waals surface area (Å²) in [5.41, 5.74) is 0. The first-order chi connectivity index (χ1) is 35.2. The van der Waals surface area contributed by atoms with Gasteiger partial charge in [0.15, 0.2) is 0 Å². The van der Waals surface area contributed by atoms with E-state index in [0.717, 1.165) is 77.0 Å². The van der Waals surface area contributed by atoms with Gasteiger partial charge in [0, 0.05) is 6.42 Å². The molecule has 4 heteroatoms. The minimum atomic E-state index is -0.874. The fourth-order valence-electron chi connectivity index (χ4n) is 8.86. The molecule has 0 aliphatic carbocycles. The highest BCUT2D eigenvalue weighted by Crippen LogP contribution is 2.16. The Kier molecular flexibility index (Phi) is 58.8. The van der Waals surface area contributed by atoms with Crippen LogP contribution in [0.3, 0.4) is 0 Å². The Morgan fingerprint density at radius 3 is 0.986 bits per heavy atom. The number of aliphatic hydroxyl groups is 2. The van der Waals surface area contributed by atoms with Gasteiger partial charge in [-0.05, 0) is 96.3 Å². The Hall–Kier alpha value is -2.95. The van der Waals surface area contributed by atoms with Crippen LogP contribution in [-0.4, -0.2) is 34.9 Å². The summed E-state index contributed by atoms with van der Waals surface area (Å²) >= 11 is 0. The van der Waals surface area contributed by atoms with E-state index in [9.17, 15) is 15.0 Å². The molecule has 0 rings (SSSR count). The van der Waals surface area contributed by atoms with Gasteiger partial charge in [0.2, 0.25) is 5.91 Å². The van der Waals surface area contributed by atoms with Crippen LogP contribution in [0.25, 0.3) is 0 Å². The second kappa shape index (κ2) is 61.4. The largest absolute Gasteiger partial charge is 0.394 e. The van der Waals surface area contributed by atoms with Crippen LogP contribution in [0.2, 0.25) is 0 Å². The van der Waals surface area contributed by atoms with Crippen LogP contribution in [0.5, 0.6) is 0 Å².